The van der Waals surface area contributed by atoms with Gasteiger partial charge in [-0.15, -0.1) is 0 Å². The molecule has 0 aliphatic carbocycles. The van der Waals surface area contributed by atoms with E-state index >= 15 is 0 Å². The zero-order valence-corrected chi connectivity index (χ0v) is 19.1. The molecule has 0 radical (unpaired) electrons. The summed E-state index contributed by atoms with van der Waals surface area (Å²) in [5, 5.41) is 3.03. The summed E-state index contributed by atoms with van der Waals surface area (Å²) in [7, 11) is 0. The van der Waals surface area contributed by atoms with E-state index in [-0.39, 0.29) is 24.3 Å². The minimum Gasteiger partial charge on any atom is -0.352 e. The Morgan fingerprint density at radius 3 is 1.97 bits per heavy atom. The third kappa shape index (κ3) is 6.55. The lowest BCUT2D eigenvalue weighted by Crippen LogP contribution is -2.52. The summed E-state index contributed by atoms with van der Waals surface area (Å²) in [5.41, 5.74) is 4.12. The largest absolute Gasteiger partial charge is 0.352 e. The quantitative estimate of drug-likeness (QED) is 0.537. The Kier molecular flexibility index (Phi) is 8.20. The second-order valence-electron chi connectivity index (χ2n) is 8.48. The average molecular weight is 429 g/mol. The van der Waals surface area contributed by atoms with Gasteiger partial charge in [0, 0.05) is 19.0 Å². The summed E-state index contributed by atoms with van der Waals surface area (Å²) < 4.78 is 0. The average Bonchev–Trinajstić information content (AvgIpc) is 2.78. The fraction of sp³-hybridized carbons (Fsp3) is 0.286. The first-order valence-electron chi connectivity index (χ1n) is 11.2. The van der Waals surface area contributed by atoms with Crippen LogP contribution in [-0.4, -0.2) is 28.8 Å². The first-order chi connectivity index (χ1) is 15.4. The first kappa shape index (κ1) is 23.3. The van der Waals surface area contributed by atoms with Crippen LogP contribution in [0.4, 0.5) is 0 Å². The van der Waals surface area contributed by atoms with E-state index in [2.05, 4.69) is 5.32 Å². The number of rotatable bonds is 9. The minimum atomic E-state index is -0.601. The molecule has 0 aromatic heterocycles. The molecule has 0 spiro atoms. The molecule has 3 aromatic rings. The first-order valence-corrected chi connectivity index (χ1v) is 11.2. The van der Waals surface area contributed by atoms with Crippen molar-refractivity contribution in [3.63, 3.8) is 0 Å². The number of carbonyl (C=O) groups is 2. The van der Waals surface area contributed by atoms with E-state index in [9.17, 15) is 9.59 Å². The van der Waals surface area contributed by atoms with Gasteiger partial charge in [-0.25, -0.2) is 0 Å². The van der Waals surface area contributed by atoms with Crippen molar-refractivity contribution >= 4 is 11.8 Å². The lowest BCUT2D eigenvalue weighted by atomic mass is 10.00. The van der Waals surface area contributed by atoms with Gasteiger partial charge in [-0.2, -0.15) is 0 Å². The van der Waals surface area contributed by atoms with Crippen molar-refractivity contribution in [3.05, 3.63) is 107 Å². The summed E-state index contributed by atoms with van der Waals surface area (Å²) in [6, 6.07) is 27.0. The standard InChI is InChI=1S/C28H32N2O2/c1-21(2)29-28(32)26(18-23-13-6-4-7-14-23)30(20-25-17-11-10-12-22(25)3)27(31)19-24-15-8-5-9-16-24/h4-17,21,26H,18-20H2,1-3H3,(H,29,32). The molecular weight excluding hydrogens is 396 g/mol. The number of amides is 2. The smallest absolute Gasteiger partial charge is 0.243 e. The number of nitrogens with one attached hydrogen (secondary N) is 1. The Balaban J connectivity index is 1.97. The Morgan fingerprint density at radius 1 is 0.812 bits per heavy atom. The fourth-order valence-electron chi connectivity index (χ4n) is 3.78. The van der Waals surface area contributed by atoms with E-state index in [4.69, 9.17) is 0 Å². The summed E-state index contributed by atoms with van der Waals surface area (Å²) in [6.07, 6.45) is 0.721. The molecule has 1 unspecified atom stereocenters. The highest BCUT2D eigenvalue weighted by Gasteiger charge is 2.30. The lowest BCUT2D eigenvalue weighted by molar-refractivity contribution is -0.141. The number of benzene rings is 3. The summed E-state index contributed by atoms with van der Waals surface area (Å²) in [5.74, 6) is -0.182. The van der Waals surface area contributed by atoms with Gasteiger partial charge in [0.15, 0.2) is 0 Å². The van der Waals surface area contributed by atoms with Crippen molar-refractivity contribution in [3.8, 4) is 0 Å². The molecule has 3 aromatic carbocycles. The molecule has 32 heavy (non-hydrogen) atoms. The maximum atomic E-state index is 13.6. The van der Waals surface area contributed by atoms with Crippen LogP contribution in [0.5, 0.6) is 0 Å². The molecule has 0 heterocycles. The molecule has 0 bridgehead atoms. The molecule has 4 nitrogen and oxygen atoms in total. The number of nitrogens with zero attached hydrogens (tertiary/aromatic N) is 1. The van der Waals surface area contributed by atoms with E-state index in [0.717, 1.165) is 22.3 Å². The van der Waals surface area contributed by atoms with Crippen LogP contribution >= 0.6 is 0 Å². The highest BCUT2D eigenvalue weighted by molar-refractivity contribution is 5.89. The second kappa shape index (κ2) is 11.3. The van der Waals surface area contributed by atoms with E-state index < -0.39 is 6.04 Å². The SMILES string of the molecule is Cc1ccccc1CN(C(=O)Cc1ccccc1)C(Cc1ccccc1)C(=O)NC(C)C. The zero-order valence-electron chi connectivity index (χ0n) is 19.1. The van der Waals surface area contributed by atoms with Gasteiger partial charge in [0.2, 0.25) is 11.8 Å². The van der Waals surface area contributed by atoms with Gasteiger partial charge >= 0.3 is 0 Å². The van der Waals surface area contributed by atoms with Gasteiger partial charge in [0.25, 0.3) is 0 Å². The van der Waals surface area contributed by atoms with E-state index in [1.807, 2.05) is 106 Å². The number of hydrogen-bond donors (Lipinski definition) is 1. The van der Waals surface area contributed by atoms with E-state index in [1.54, 1.807) is 4.90 Å². The molecule has 0 aliphatic heterocycles. The zero-order chi connectivity index (χ0) is 22.9. The molecule has 3 rings (SSSR count). The molecule has 0 fully saturated rings. The van der Waals surface area contributed by atoms with Crippen LogP contribution in [0.25, 0.3) is 0 Å². The van der Waals surface area contributed by atoms with Crippen LogP contribution in [0.15, 0.2) is 84.9 Å². The molecule has 4 heteroatoms. The molecule has 2 amide bonds. The van der Waals surface area contributed by atoms with Gasteiger partial charge in [-0.3, -0.25) is 9.59 Å². The summed E-state index contributed by atoms with van der Waals surface area (Å²) >= 11 is 0. The maximum absolute atomic E-state index is 13.6. The molecule has 166 valence electrons. The minimum absolute atomic E-state index is 0.00897. The molecule has 1 N–H and O–H groups in total. The van der Waals surface area contributed by atoms with Crippen LogP contribution < -0.4 is 5.32 Å². The van der Waals surface area contributed by atoms with Crippen molar-refractivity contribution < 1.29 is 9.59 Å². The molecule has 1 atom stereocenters. The highest BCUT2D eigenvalue weighted by Crippen LogP contribution is 2.18. The normalized spacial score (nSPS) is 11.8. The Morgan fingerprint density at radius 2 is 1.38 bits per heavy atom. The van der Waals surface area contributed by atoms with Gasteiger partial charge in [-0.05, 0) is 43.0 Å². The number of hydrogen-bond acceptors (Lipinski definition) is 2. The van der Waals surface area contributed by atoms with Gasteiger partial charge in [-0.1, -0.05) is 84.9 Å². The Bertz CT molecular complexity index is 1020. The third-order valence-electron chi connectivity index (χ3n) is 5.50. The van der Waals surface area contributed by atoms with Crippen molar-refractivity contribution in [1.29, 1.82) is 0 Å². The van der Waals surface area contributed by atoms with Crippen molar-refractivity contribution in [2.45, 2.75) is 52.2 Å². The Hall–Kier alpha value is -3.40. The monoisotopic (exact) mass is 428 g/mol. The van der Waals surface area contributed by atoms with Crippen molar-refractivity contribution in [2.24, 2.45) is 0 Å². The maximum Gasteiger partial charge on any atom is 0.243 e. The molecular formula is C28H32N2O2. The van der Waals surface area contributed by atoms with E-state index in [0.29, 0.717) is 13.0 Å². The summed E-state index contributed by atoms with van der Waals surface area (Å²) in [6.45, 7) is 6.31. The van der Waals surface area contributed by atoms with Crippen LogP contribution in [0.1, 0.15) is 36.1 Å². The molecule has 0 saturated carbocycles. The van der Waals surface area contributed by atoms with Crippen LogP contribution in [-0.2, 0) is 29.0 Å². The predicted octanol–water partition coefficient (Wildman–Crippen LogP) is 4.70. The van der Waals surface area contributed by atoms with Crippen LogP contribution in [0.3, 0.4) is 0 Å². The summed E-state index contributed by atoms with van der Waals surface area (Å²) in [4.78, 5) is 28.7. The Labute approximate surface area is 191 Å². The molecule has 0 saturated heterocycles. The molecule has 0 aliphatic rings. The topological polar surface area (TPSA) is 49.4 Å². The van der Waals surface area contributed by atoms with Gasteiger partial charge in [0.05, 0.1) is 6.42 Å². The lowest BCUT2D eigenvalue weighted by Gasteiger charge is -2.32. The van der Waals surface area contributed by atoms with Crippen LogP contribution in [0.2, 0.25) is 0 Å². The highest BCUT2D eigenvalue weighted by atomic mass is 16.2. The second-order valence-corrected chi connectivity index (χ2v) is 8.48. The third-order valence-corrected chi connectivity index (χ3v) is 5.50. The van der Waals surface area contributed by atoms with Gasteiger partial charge < -0.3 is 10.2 Å². The number of carbonyl (C=O) groups excluding carboxylic acids is 2. The van der Waals surface area contributed by atoms with Crippen LogP contribution in [0, 0.1) is 6.92 Å². The van der Waals surface area contributed by atoms with Crippen molar-refractivity contribution in [2.75, 3.05) is 0 Å². The van der Waals surface area contributed by atoms with E-state index in [1.165, 1.54) is 0 Å². The van der Waals surface area contributed by atoms with Crippen molar-refractivity contribution in [1.82, 2.24) is 10.2 Å². The predicted molar refractivity (Wildman–Crippen MR) is 129 cm³/mol. The fourth-order valence-corrected chi connectivity index (χ4v) is 3.78. The number of aryl methyl sites for hydroxylation is 1. The van der Waals surface area contributed by atoms with Gasteiger partial charge in [0.1, 0.15) is 6.04 Å².